The molecule has 1 saturated heterocycles. The molecule has 1 saturated carbocycles. The summed E-state index contributed by atoms with van der Waals surface area (Å²) < 4.78 is 5.28. The molecule has 2 rings (SSSR count). The lowest BCUT2D eigenvalue weighted by molar-refractivity contribution is 0.0244. The first kappa shape index (κ1) is 14.3. The van der Waals surface area contributed by atoms with Crippen LogP contribution >= 0.6 is 0 Å². The van der Waals surface area contributed by atoms with Gasteiger partial charge in [-0.2, -0.15) is 0 Å². The third-order valence-electron chi connectivity index (χ3n) is 4.59. The van der Waals surface area contributed by atoms with Gasteiger partial charge >= 0.3 is 0 Å². The van der Waals surface area contributed by atoms with Crippen LogP contribution in [0.1, 0.15) is 58.3 Å². The summed E-state index contributed by atoms with van der Waals surface area (Å²) in [4.78, 5) is 0. The zero-order valence-electron chi connectivity index (χ0n) is 11.8. The summed E-state index contributed by atoms with van der Waals surface area (Å²) in [6.45, 7) is 4.21. The predicted octanol–water partition coefficient (Wildman–Crippen LogP) is 2.48. The minimum atomic E-state index is -0.602. The number of aliphatic hydroxyl groups is 1. The molecule has 0 amide bonds. The average molecular weight is 255 g/mol. The smallest absolute Gasteiger partial charge is 0.102 e. The molecule has 0 radical (unpaired) electrons. The van der Waals surface area contributed by atoms with Crippen LogP contribution in [0.4, 0.5) is 0 Å². The molecule has 18 heavy (non-hydrogen) atoms. The zero-order valence-corrected chi connectivity index (χ0v) is 11.8. The van der Waals surface area contributed by atoms with E-state index in [4.69, 9.17) is 4.74 Å². The molecule has 1 aliphatic carbocycles. The van der Waals surface area contributed by atoms with Gasteiger partial charge in [0.2, 0.25) is 0 Å². The van der Waals surface area contributed by atoms with E-state index in [2.05, 4.69) is 12.2 Å². The Balaban J connectivity index is 1.70. The van der Waals surface area contributed by atoms with Crippen LogP contribution in [0.25, 0.3) is 0 Å². The third-order valence-corrected chi connectivity index (χ3v) is 4.59. The minimum Gasteiger partial charge on any atom is -0.386 e. The van der Waals surface area contributed by atoms with E-state index < -0.39 is 5.60 Å². The van der Waals surface area contributed by atoms with E-state index in [-0.39, 0.29) is 0 Å². The molecule has 3 unspecified atom stereocenters. The number of rotatable bonds is 5. The van der Waals surface area contributed by atoms with Crippen LogP contribution in [0.2, 0.25) is 0 Å². The zero-order chi connectivity index (χ0) is 12.8. The van der Waals surface area contributed by atoms with E-state index in [1.165, 1.54) is 44.9 Å². The summed E-state index contributed by atoms with van der Waals surface area (Å²) in [7, 11) is 0. The minimum absolute atomic E-state index is 0.505. The largest absolute Gasteiger partial charge is 0.386 e. The molecule has 0 aromatic rings. The van der Waals surface area contributed by atoms with Crippen molar-refractivity contribution in [2.75, 3.05) is 19.8 Å². The lowest BCUT2D eigenvalue weighted by Crippen LogP contribution is -2.44. The Bertz CT molecular complexity index is 239. The molecule has 3 nitrogen and oxygen atoms in total. The molecule has 2 N–H and O–H groups in total. The van der Waals surface area contributed by atoms with Gasteiger partial charge in [0.25, 0.3) is 0 Å². The molecule has 1 heterocycles. The van der Waals surface area contributed by atoms with Crippen molar-refractivity contribution in [3.05, 3.63) is 0 Å². The second-order valence-corrected chi connectivity index (χ2v) is 6.27. The van der Waals surface area contributed by atoms with Crippen LogP contribution in [-0.4, -0.2) is 36.5 Å². The van der Waals surface area contributed by atoms with E-state index in [1.807, 2.05) is 0 Å². The van der Waals surface area contributed by atoms with E-state index >= 15 is 0 Å². The van der Waals surface area contributed by atoms with Crippen molar-refractivity contribution in [2.24, 2.45) is 5.92 Å². The first-order valence-electron chi connectivity index (χ1n) is 7.75. The fraction of sp³-hybridized carbons (Fsp3) is 1.00. The molecule has 1 aliphatic heterocycles. The van der Waals surface area contributed by atoms with Gasteiger partial charge in [0.05, 0.1) is 6.61 Å². The van der Waals surface area contributed by atoms with Crippen LogP contribution in [0, 0.1) is 5.92 Å². The number of hydrogen-bond donors (Lipinski definition) is 2. The molecular formula is C15H29NO2. The fourth-order valence-corrected chi connectivity index (χ4v) is 3.35. The summed E-state index contributed by atoms with van der Waals surface area (Å²) in [6, 6.07) is 0.608. The highest BCUT2D eigenvalue weighted by molar-refractivity contribution is 4.87. The second kappa shape index (κ2) is 6.88. The van der Waals surface area contributed by atoms with Crippen molar-refractivity contribution >= 4 is 0 Å². The summed E-state index contributed by atoms with van der Waals surface area (Å²) >= 11 is 0. The monoisotopic (exact) mass is 255 g/mol. The molecule has 0 aromatic heterocycles. The number of ether oxygens (including phenoxy) is 1. The highest BCUT2D eigenvalue weighted by Crippen LogP contribution is 2.27. The summed E-state index contributed by atoms with van der Waals surface area (Å²) in [5, 5.41) is 13.8. The van der Waals surface area contributed by atoms with Crippen molar-refractivity contribution in [3.8, 4) is 0 Å². The van der Waals surface area contributed by atoms with E-state index in [0.717, 1.165) is 12.3 Å². The normalized spacial score (nSPS) is 37.7. The highest BCUT2D eigenvalue weighted by atomic mass is 16.5. The Morgan fingerprint density at radius 2 is 2.17 bits per heavy atom. The molecule has 0 aromatic carbocycles. The van der Waals surface area contributed by atoms with Gasteiger partial charge in [-0.05, 0) is 25.2 Å². The van der Waals surface area contributed by atoms with Crippen molar-refractivity contribution in [3.63, 3.8) is 0 Å². The Morgan fingerprint density at radius 1 is 1.28 bits per heavy atom. The molecular weight excluding hydrogens is 226 g/mol. The Kier molecular flexibility index (Phi) is 5.46. The maximum Gasteiger partial charge on any atom is 0.102 e. The van der Waals surface area contributed by atoms with Gasteiger partial charge in [-0.15, -0.1) is 0 Å². The highest BCUT2D eigenvalue weighted by Gasteiger charge is 2.32. The van der Waals surface area contributed by atoms with E-state index in [0.29, 0.717) is 25.8 Å². The van der Waals surface area contributed by atoms with Gasteiger partial charge in [0.1, 0.15) is 5.60 Å². The van der Waals surface area contributed by atoms with Crippen molar-refractivity contribution in [1.29, 1.82) is 0 Å². The van der Waals surface area contributed by atoms with E-state index in [1.54, 1.807) is 0 Å². The van der Waals surface area contributed by atoms with Gasteiger partial charge in [-0.25, -0.2) is 0 Å². The van der Waals surface area contributed by atoms with Gasteiger partial charge in [0.15, 0.2) is 0 Å². The summed E-state index contributed by atoms with van der Waals surface area (Å²) in [5.41, 5.74) is -0.602. The molecule has 106 valence electrons. The maximum absolute atomic E-state index is 10.2. The predicted molar refractivity (Wildman–Crippen MR) is 73.7 cm³/mol. The van der Waals surface area contributed by atoms with Crippen LogP contribution in [0.3, 0.4) is 0 Å². The Hall–Kier alpha value is -0.120. The van der Waals surface area contributed by atoms with E-state index in [9.17, 15) is 5.11 Å². The Morgan fingerprint density at radius 3 is 2.89 bits per heavy atom. The first-order valence-corrected chi connectivity index (χ1v) is 7.75. The van der Waals surface area contributed by atoms with Crippen LogP contribution in [0.5, 0.6) is 0 Å². The lowest BCUT2D eigenvalue weighted by atomic mass is 9.95. The first-order chi connectivity index (χ1) is 8.72. The van der Waals surface area contributed by atoms with Crippen LogP contribution in [0.15, 0.2) is 0 Å². The van der Waals surface area contributed by atoms with Crippen LogP contribution in [-0.2, 0) is 4.74 Å². The molecule has 3 heteroatoms. The number of hydrogen-bond acceptors (Lipinski definition) is 3. The van der Waals surface area contributed by atoms with Crippen molar-refractivity contribution < 1.29 is 9.84 Å². The SMILES string of the molecule is CCCC1CCCC(NCC2(O)CCOC2)CC1. The molecule has 0 bridgehead atoms. The average Bonchev–Trinajstić information content (AvgIpc) is 2.66. The third kappa shape index (κ3) is 4.22. The standard InChI is InChI=1S/C15H29NO2/c1-2-4-13-5-3-6-14(8-7-13)16-11-15(17)9-10-18-12-15/h13-14,16-17H,2-12H2,1H3. The van der Waals surface area contributed by atoms with Gasteiger partial charge < -0.3 is 15.2 Å². The molecule has 0 spiro atoms. The quantitative estimate of drug-likeness (QED) is 0.742. The summed E-state index contributed by atoms with van der Waals surface area (Å²) in [6.07, 6.45) is 10.2. The van der Waals surface area contributed by atoms with Crippen LogP contribution < -0.4 is 5.32 Å². The summed E-state index contributed by atoms with van der Waals surface area (Å²) in [5.74, 6) is 0.944. The Labute approximate surface area is 111 Å². The molecule has 2 fully saturated rings. The topological polar surface area (TPSA) is 41.5 Å². The van der Waals surface area contributed by atoms with Gasteiger partial charge in [-0.3, -0.25) is 0 Å². The fourth-order valence-electron chi connectivity index (χ4n) is 3.35. The second-order valence-electron chi connectivity index (χ2n) is 6.27. The van der Waals surface area contributed by atoms with Gasteiger partial charge in [-0.1, -0.05) is 32.6 Å². The van der Waals surface area contributed by atoms with Crippen molar-refractivity contribution in [2.45, 2.75) is 69.9 Å². The van der Waals surface area contributed by atoms with Crippen molar-refractivity contribution in [1.82, 2.24) is 5.32 Å². The maximum atomic E-state index is 10.2. The number of nitrogens with one attached hydrogen (secondary N) is 1. The molecule has 2 aliphatic rings. The lowest BCUT2D eigenvalue weighted by Gasteiger charge is -2.25. The van der Waals surface area contributed by atoms with Gasteiger partial charge in [0, 0.05) is 25.6 Å². The molecule has 3 atom stereocenters.